The van der Waals surface area contributed by atoms with Gasteiger partial charge in [0.2, 0.25) is 0 Å². The molecule has 82 valence electrons. The van der Waals surface area contributed by atoms with Gasteiger partial charge in [0, 0.05) is 6.42 Å². The van der Waals surface area contributed by atoms with Gasteiger partial charge in [-0.3, -0.25) is 0 Å². The van der Waals surface area contributed by atoms with Crippen LogP contribution in [0.2, 0.25) is 0 Å². The summed E-state index contributed by atoms with van der Waals surface area (Å²) in [5, 5.41) is 15.2. The van der Waals surface area contributed by atoms with E-state index in [1.54, 1.807) is 0 Å². The SMILES string of the molecule is CCCCCC#N.O=C(O)C(F)(F)F. The van der Waals surface area contributed by atoms with Crippen molar-refractivity contribution in [2.75, 3.05) is 0 Å². The van der Waals surface area contributed by atoms with E-state index < -0.39 is 12.1 Å². The van der Waals surface area contributed by atoms with E-state index in [-0.39, 0.29) is 0 Å². The lowest BCUT2D eigenvalue weighted by molar-refractivity contribution is -0.192. The lowest BCUT2D eigenvalue weighted by Gasteiger charge is -1.93. The summed E-state index contributed by atoms with van der Waals surface area (Å²) in [6.07, 6.45) is -0.865. The smallest absolute Gasteiger partial charge is 0.475 e. The highest BCUT2D eigenvalue weighted by atomic mass is 19.4. The van der Waals surface area contributed by atoms with Crippen molar-refractivity contribution in [3.05, 3.63) is 0 Å². The second kappa shape index (κ2) is 8.35. The van der Waals surface area contributed by atoms with Gasteiger partial charge < -0.3 is 5.11 Å². The molecule has 0 aliphatic rings. The molecule has 14 heavy (non-hydrogen) atoms. The maximum absolute atomic E-state index is 10.6. The lowest BCUT2D eigenvalue weighted by Crippen LogP contribution is -2.21. The van der Waals surface area contributed by atoms with Crippen LogP contribution in [-0.4, -0.2) is 17.3 Å². The third-order valence-electron chi connectivity index (χ3n) is 1.13. The first kappa shape index (κ1) is 15.2. The fourth-order valence-electron chi connectivity index (χ4n) is 0.454. The predicted octanol–water partition coefficient (Wildman–Crippen LogP) is 2.72. The maximum atomic E-state index is 10.6. The zero-order valence-corrected chi connectivity index (χ0v) is 7.76. The number of halogens is 3. The fraction of sp³-hybridized carbons (Fsp3) is 0.750. The van der Waals surface area contributed by atoms with E-state index in [4.69, 9.17) is 15.2 Å². The molecule has 0 aliphatic heterocycles. The maximum Gasteiger partial charge on any atom is 0.490 e. The summed E-state index contributed by atoms with van der Waals surface area (Å²) in [6.45, 7) is 2.14. The number of nitriles is 1. The number of nitrogens with zero attached hydrogens (tertiary/aromatic N) is 1. The molecule has 0 fully saturated rings. The standard InChI is InChI=1S/C6H11N.C2HF3O2/c1-2-3-4-5-6-7;3-2(4,5)1(6)7/h2-5H2,1H3;(H,6,7). The van der Waals surface area contributed by atoms with Gasteiger partial charge in [-0.25, -0.2) is 4.79 Å². The molecule has 0 radical (unpaired) electrons. The first-order chi connectivity index (χ1) is 6.36. The predicted molar refractivity (Wildman–Crippen MR) is 43.4 cm³/mol. The molecule has 0 aromatic heterocycles. The average Bonchev–Trinajstić information content (AvgIpc) is 2.05. The van der Waals surface area contributed by atoms with Crippen LogP contribution in [0.4, 0.5) is 13.2 Å². The van der Waals surface area contributed by atoms with Crippen molar-refractivity contribution in [3.63, 3.8) is 0 Å². The lowest BCUT2D eigenvalue weighted by atomic mass is 10.2. The third kappa shape index (κ3) is 13.3. The van der Waals surface area contributed by atoms with Crippen molar-refractivity contribution < 1.29 is 23.1 Å². The molecule has 0 bridgehead atoms. The average molecular weight is 211 g/mol. The van der Waals surface area contributed by atoms with Crippen LogP contribution in [0.1, 0.15) is 32.6 Å². The number of hydrogen-bond donors (Lipinski definition) is 1. The van der Waals surface area contributed by atoms with Gasteiger partial charge in [-0.05, 0) is 6.42 Å². The Balaban J connectivity index is 0. The van der Waals surface area contributed by atoms with Crippen molar-refractivity contribution in [2.45, 2.75) is 38.8 Å². The van der Waals surface area contributed by atoms with Crippen molar-refractivity contribution >= 4 is 5.97 Å². The van der Waals surface area contributed by atoms with Gasteiger partial charge >= 0.3 is 12.1 Å². The number of rotatable bonds is 3. The molecule has 0 saturated carbocycles. The van der Waals surface area contributed by atoms with Gasteiger partial charge in [0.15, 0.2) is 0 Å². The minimum Gasteiger partial charge on any atom is -0.475 e. The van der Waals surface area contributed by atoms with Crippen molar-refractivity contribution in [1.29, 1.82) is 5.26 Å². The molecule has 0 rings (SSSR count). The molecule has 0 aromatic carbocycles. The van der Waals surface area contributed by atoms with Crippen LogP contribution in [0.5, 0.6) is 0 Å². The van der Waals surface area contributed by atoms with Crippen molar-refractivity contribution in [2.24, 2.45) is 0 Å². The zero-order valence-electron chi connectivity index (χ0n) is 7.76. The number of carboxylic acid groups (broad SMARTS) is 1. The summed E-state index contributed by atoms with van der Waals surface area (Å²) in [5.41, 5.74) is 0. The Kier molecular flexibility index (Phi) is 9.09. The van der Waals surface area contributed by atoms with Gasteiger partial charge in [0.05, 0.1) is 6.07 Å². The quantitative estimate of drug-likeness (QED) is 0.730. The number of unbranched alkanes of at least 4 members (excludes halogenated alkanes) is 3. The normalized spacial score (nSPS) is 9.64. The Morgan fingerprint density at radius 1 is 1.43 bits per heavy atom. The number of alkyl halides is 3. The minimum atomic E-state index is -5.08. The number of carboxylic acids is 1. The van der Waals surface area contributed by atoms with Crippen LogP contribution in [0.25, 0.3) is 0 Å². The van der Waals surface area contributed by atoms with Gasteiger partial charge in [-0.15, -0.1) is 0 Å². The molecule has 0 heterocycles. The largest absolute Gasteiger partial charge is 0.490 e. The van der Waals surface area contributed by atoms with Gasteiger partial charge in [0.1, 0.15) is 0 Å². The third-order valence-corrected chi connectivity index (χ3v) is 1.13. The zero-order chi connectivity index (χ0) is 11.6. The molecule has 0 unspecified atom stereocenters. The number of carbonyl (C=O) groups is 1. The van der Waals surface area contributed by atoms with Crippen LogP contribution in [0.15, 0.2) is 0 Å². The van der Waals surface area contributed by atoms with Gasteiger partial charge in [0.25, 0.3) is 0 Å². The molecule has 0 aromatic rings. The van der Waals surface area contributed by atoms with E-state index in [1.165, 1.54) is 12.8 Å². The second-order valence-electron chi connectivity index (χ2n) is 2.42. The summed E-state index contributed by atoms with van der Waals surface area (Å²) in [4.78, 5) is 8.90. The number of aliphatic carboxylic acids is 1. The van der Waals surface area contributed by atoms with Crippen LogP contribution in [-0.2, 0) is 4.79 Å². The molecule has 0 spiro atoms. The highest BCUT2D eigenvalue weighted by Crippen LogP contribution is 2.13. The van der Waals surface area contributed by atoms with E-state index in [2.05, 4.69) is 13.0 Å². The van der Waals surface area contributed by atoms with E-state index >= 15 is 0 Å². The molecule has 0 aliphatic carbocycles. The van der Waals surface area contributed by atoms with E-state index in [9.17, 15) is 13.2 Å². The van der Waals surface area contributed by atoms with Gasteiger partial charge in [-0.1, -0.05) is 19.8 Å². The van der Waals surface area contributed by atoms with E-state index in [1.807, 2.05) is 0 Å². The molecular weight excluding hydrogens is 199 g/mol. The van der Waals surface area contributed by atoms with Crippen LogP contribution in [0.3, 0.4) is 0 Å². The first-order valence-corrected chi connectivity index (χ1v) is 4.03. The van der Waals surface area contributed by atoms with Crippen LogP contribution < -0.4 is 0 Å². The molecule has 0 amide bonds. The molecule has 1 N–H and O–H groups in total. The van der Waals surface area contributed by atoms with E-state index in [0.717, 1.165) is 12.8 Å². The highest BCUT2D eigenvalue weighted by Gasteiger charge is 2.38. The highest BCUT2D eigenvalue weighted by molar-refractivity contribution is 5.73. The Hall–Kier alpha value is -1.25. The summed E-state index contributed by atoms with van der Waals surface area (Å²) < 4.78 is 31.7. The Labute approximate surface area is 80.1 Å². The Morgan fingerprint density at radius 2 is 1.86 bits per heavy atom. The van der Waals surface area contributed by atoms with Crippen molar-refractivity contribution in [3.8, 4) is 6.07 Å². The van der Waals surface area contributed by atoms with E-state index in [0.29, 0.717) is 0 Å². The number of hydrogen-bond acceptors (Lipinski definition) is 2. The topological polar surface area (TPSA) is 61.1 Å². The van der Waals surface area contributed by atoms with Crippen LogP contribution >= 0.6 is 0 Å². The monoisotopic (exact) mass is 211 g/mol. The summed E-state index contributed by atoms with van der Waals surface area (Å²) in [7, 11) is 0. The van der Waals surface area contributed by atoms with Crippen LogP contribution in [0, 0.1) is 11.3 Å². The van der Waals surface area contributed by atoms with Gasteiger partial charge in [-0.2, -0.15) is 18.4 Å². The fourth-order valence-corrected chi connectivity index (χ4v) is 0.454. The summed E-state index contributed by atoms with van der Waals surface area (Å²) >= 11 is 0. The molecule has 3 nitrogen and oxygen atoms in total. The molecule has 0 atom stereocenters. The Bertz CT molecular complexity index is 196. The summed E-state index contributed by atoms with van der Waals surface area (Å²) in [6, 6.07) is 2.10. The second-order valence-corrected chi connectivity index (χ2v) is 2.42. The summed E-state index contributed by atoms with van der Waals surface area (Å²) in [5.74, 6) is -2.76. The first-order valence-electron chi connectivity index (χ1n) is 4.03. The molecule has 0 saturated heterocycles. The Morgan fingerprint density at radius 3 is 2.07 bits per heavy atom. The molecular formula is C8H12F3NO2. The minimum absolute atomic E-state index is 0.730. The van der Waals surface area contributed by atoms with Crippen molar-refractivity contribution in [1.82, 2.24) is 0 Å². The molecule has 6 heteroatoms.